The van der Waals surface area contributed by atoms with E-state index >= 15 is 0 Å². The molecule has 0 saturated carbocycles. The Bertz CT molecular complexity index is 418. The van der Waals surface area contributed by atoms with Crippen LogP contribution in [0.4, 0.5) is 0 Å². The van der Waals surface area contributed by atoms with Crippen LogP contribution in [0.2, 0.25) is 0 Å². The number of ether oxygens (including phenoxy) is 1. The van der Waals surface area contributed by atoms with Gasteiger partial charge in [0.1, 0.15) is 6.04 Å². The third-order valence-electron chi connectivity index (χ3n) is 2.35. The van der Waals surface area contributed by atoms with Crippen molar-refractivity contribution in [3.05, 3.63) is 22.4 Å². The highest BCUT2D eigenvalue weighted by Crippen LogP contribution is 2.11. The van der Waals surface area contributed by atoms with Crippen LogP contribution in [-0.2, 0) is 25.5 Å². The van der Waals surface area contributed by atoms with Crippen molar-refractivity contribution in [1.29, 1.82) is 0 Å². The zero-order valence-corrected chi connectivity index (χ0v) is 11.0. The van der Waals surface area contributed by atoms with E-state index in [0.717, 1.165) is 4.88 Å². The smallest absolute Gasteiger partial charge is 0.326 e. The fourth-order valence-corrected chi connectivity index (χ4v) is 2.21. The van der Waals surface area contributed by atoms with Gasteiger partial charge in [0.2, 0.25) is 5.91 Å². The molecular formula is C12H15NO5S. The van der Waals surface area contributed by atoms with E-state index < -0.39 is 12.0 Å². The number of carboxylic acid groups (broad SMARTS) is 1. The topological polar surface area (TPSA) is 92.7 Å². The third kappa shape index (κ3) is 6.01. The van der Waals surface area contributed by atoms with Crippen LogP contribution in [0.1, 0.15) is 17.7 Å². The van der Waals surface area contributed by atoms with E-state index in [1.54, 1.807) is 0 Å². The van der Waals surface area contributed by atoms with E-state index in [4.69, 9.17) is 5.11 Å². The summed E-state index contributed by atoms with van der Waals surface area (Å²) < 4.78 is 4.45. The Morgan fingerprint density at radius 2 is 2.32 bits per heavy atom. The number of aliphatic carboxylic acids is 1. The second-order valence-corrected chi connectivity index (χ2v) is 4.84. The van der Waals surface area contributed by atoms with Crippen molar-refractivity contribution in [3.63, 3.8) is 0 Å². The first-order chi connectivity index (χ1) is 9.13. The predicted molar refractivity (Wildman–Crippen MR) is 68.8 cm³/mol. The molecule has 0 fully saturated rings. The number of nitrogens with one attached hydrogen (secondary N) is 1. The number of hydrogen-bond acceptors (Lipinski definition) is 5. The quantitative estimate of drug-likeness (QED) is 0.517. The molecule has 0 aromatic carbocycles. The number of carbonyl (C=O) groups excluding carboxylic acids is 2. The van der Waals surface area contributed by atoms with Gasteiger partial charge < -0.3 is 15.2 Å². The minimum atomic E-state index is -1.06. The molecular weight excluding hydrogens is 270 g/mol. The molecule has 0 saturated heterocycles. The first kappa shape index (κ1) is 15.2. The molecule has 0 spiro atoms. The Morgan fingerprint density at radius 3 is 2.89 bits per heavy atom. The van der Waals surface area contributed by atoms with Gasteiger partial charge in [-0.25, -0.2) is 4.79 Å². The molecule has 1 atom stereocenters. The molecule has 2 N–H and O–H groups in total. The van der Waals surface area contributed by atoms with Crippen LogP contribution in [0.15, 0.2) is 17.5 Å². The lowest BCUT2D eigenvalue weighted by atomic mass is 10.1. The average Bonchev–Trinajstić information content (AvgIpc) is 2.86. The Hall–Kier alpha value is -1.89. The van der Waals surface area contributed by atoms with Crippen LogP contribution in [0, 0.1) is 0 Å². The first-order valence-corrected chi connectivity index (χ1v) is 6.61. The molecule has 0 bridgehead atoms. The van der Waals surface area contributed by atoms with E-state index in [0.29, 0.717) is 12.9 Å². The molecule has 0 aliphatic heterocycles. The van der Waals surface area contributed by atoms with Gasteiger partial charge in [0.05, 0.1) is 6.61 Å². The van der Waals surface area contributed by atoms with Crippen LogP contribution < -0.4 is 5.32 Å². The molecule has 1 unspecified atom stereocenters. The van der Waals surface area contributed by atoms with Gasteiger partial charge in [0.25, 0.3) is 6.47 Å². The van der Waals surface area contributed by atoms with Gasteiger partial charge in [-0.05, 0) is 17.9 Å². The highest BCUT2D eigenvalue weighted by Gasteiger charge is 2.20. The van der Waals surface area contributed by atoms with Crippen LogP contribution in [0.3, 0.4) is 0 Å². The molecule has 0 aliphatic rings. The van der Waals surface area contributed by atoms with Crippen LogP contribution in [0.5, 0.6) is 0 Å². The van der Waals surface area contributed by atoms with Gasteiger partial charge in [0.15, 0.2) is 0 Å². The highest BCUT2D eigenvalue weighted by atomic mass is 32.1. The number of rotatable bonds is 9. The molecule has 1 aromatic heterocycles. The highest BCUT2D eigenvalue weighted by molar-refractivity contribution is 7.09. The third-order valence-corrected chi connectivity index (χ3v) is 3.25. The van der Waals surface area contributed by atoms with Crippen molar-refractivity contribution >= 4 is 29.7 Å². The number of carboxylic acids is 1. The van der Waals surface area contributed by atoms with E-state index in [2.05, 4.69) is 10.1 Å². The van der Waals surface area contributed by atoms with Crippen molar-refractivity contribution in [2.75, 3.05) is 6.61 Å². The molecule has 104 valence electrons. The molecule has 0 radical (unpaired) electrons. The fraction of sp³-hybridized carbons (Fsp3) is 0.417. The number of amides is 1. The monoisotopic (exact) mass is 285 g/mol. The van der Waals surface area contributed by atoms with E-state index in [1.807, 2.05) is 17.5 Å². The van der Waals surface area contributed by atoms with Gasteiger partial charge in [-0.1, -0.05) is 6.07 Å². The van der Waals surface area contributed by atoms with Gasteiger partial charge >= 0.3 is 5.97 Å². The second kappa shape index (κ2) is 8.25. The average molecular weight is 285 g/mol. The zero-order chi connectivity index (χ0) is 14.1. The van der Waals surface area contributed by atoms with Crippen molar-refractivity contribution in [1.82, 2.24) is 5.32 Å². The number of thiophene rings is 1. The van der Waals surface area contributed by atoms with Crippen LogP contribution >= 0.6 is 11.3 Å². The summed E-state index contributed by atoms with van der Waals surface area (Å²) in [5.74, 6) is -1.43. The minimum absolute atomic E-state index is 0.127. The Labute approximate surface area is 114 Å². The number of hydrogen-bond donors (Lipinski definition) is 2. The van der Waals surface area contributed by atoms with Gasteiger partial charge in [-0.2, -0.15) is 0 Å². The summed E-state index contributed by atoms with van der Waals surface area (Å²) in [6.45, 7) is 0.467. The van der Waals surface area contributed by atoms with E-state index in [9.17, 15) is 14.4 Å². The summed E-state index contributed by atoms with van der Waals surface area (Å²) >= 11 is 1.45. The largest absolute Gasteiger partial charge is 0.480 e. The second-order valence-electron chi connectivity index (χ2n) is 3.81. The molecule has 6 nitrogen and oxygen atoms in total. The lowest BCUT2D eigenvalue weighted by Crippen LogP contribution is -2.42. The Morgan fingerprint density at radius 1 is 1.53 bits per heavy atom. The minimum Gasteiger partial charge on any atom is -0.480 e. The van der Waals surface area contributed by atoms with Crippen LogP contribution in [0.25, 0.3) is 0 Å². The normalized spacial score (nSPS) is 11.6. The van der Waals surface area contributed by atoms with Gasteiger partial charge in [-0.15, -0.1) is 11.3 Å². The lowest BCUT2D eigenvalue weighted by molar-refractivity contribution is -0.141. The number of carbonyl (C=O) groups is 3. The molecule has 19 heavy (non-hydrogen) atoms. The van der Waals surface area contributed by atoms with Crippen molar-refractivity contribution in [2.24, 2.45) is 0 Å². The summed E-state index contributed by atoms with van der Waals surface area (Å²) in [4.78, 5) is 33.4. The summed E-state index contributed by atoms with van der Waals surface area (Å²) in [5, 5.41) is 13.4. The Balaban J connectivity index is 2.38. The summed E-state index contributed by atoms with van der Waals surface area (Å²) in [6.07, 6.45) is 0.765. The zero-order valence-electron chi connectivity index (χ0n) is 10.2. The Kier molecular flexibility index (Phi) is 6.59. The van der Waals surface area contributed by atoms with E-state index in [-0.39, 0.29) is 25.4 Å². The van der Waals surface area contributed by atoms with Crippen LogP contribution in [-0.4, -0.2) is 36.1 Å². The summed E-state index contributed by atoms with van der Waals surface area (Å²) in [6, 6.07) is 2.72. The van der Waals surface area contributed by atoms with Crippen molar-refractivity contribution in [2.45, 2.75) is 25.3 Å². The molecule has 1 amide bonds. The fourth-order valence-electron chi connectivity index (χ4n) is 1.46. The van der Waals surface area contributed by atoms with E-state index in [1.165, 1.54) is 11.3 Å². The predicted octanol–water partition coefficient (Wildman–Crippen LogP) is 0.813. The first-order valence-electron chi connectivity index (χ1n) is 5.73. The standard InChI is InChI=1S/C12H15NO5S/c14-8-18-5-1-4-11(15)13-10(12(16)17)7-9-3-2-6-19-9/h2-3,6,8,10H,1,4-5,7H2,(H,13,15)(H,16,17). The lowest BCUT2D eigenvalue weighted by Gasteiger charge is -2.13. The summed E-state index contributed by atoms with van der Waals surface area (Å²) in [5.41, 5.74) is 0. The SMILES string of the molecule is O=COCCCC(=O)NC(Cc1cccs1)C(=O)O. The molecule has 0 aliphatic carbocycles. The van der Waals surface area contributed by atoms with Gasteiger partial charge in [0, 0.05) is 17.7 Å². The van der Waals surface area contributed by atoms with Gasteiger partial charge in [-0.3, -0.25) is 9.59 Å². The molecule has 1 rings (SSSR count). The van der Waals surface area contributed by atoms with Crippen molar-refractivity contribution in [3.8, 4) is 0 Å². The van der Waals surface area contributed by atoms with Crippen molar-refractivity contribution < 1.29 is 24.2 Å². The molecule has 7 heteroatoms. The molecule has 1 aromatic rings. The maximum absolute atomic E-state index is 11.5. The summed E-state index contributed by atoms with van der Waals surface area (Å²) in [7, 11) is 0. The molecule has 1 heterocycles. The maximum Gasteiger partial charge on any atom is 0.326 e. The maximum atomic E-state index is 11.5.